The van der Waals surface area contributed by atoms with Crippen molar-refractivity contribution in [1.29, 1.82) is 0 Å². The lowest BCUT2D eigenvalue weighted by atomic mass is 10.0. The zero-order valence-corrected chi connectivity index (χ0v) is 19.6. The molecule has 4 aromatic rings. The molecule has 0 atom stereocenters. The number of halogens is 1. The van der Waals surface area contributed by atoms with E-state index in [9.17, 15) is 13.9 Å². The van der Waals surface area contributed by atoms with Crippen LogP contribution < -0.4 is 9.62 Å². The predicted octanol–water partition coefficient (Wildman–Crippen LogP) is 6.27. The largest absolute Gasteiger partial charge is 0.357 e. The van der Waals surface area contributed by atoms with Crippen molar-refractivity contribution in [3.05, 3.63) is 89.6 Å². The van der Waals surface area contributed by atoms with Gasteiger partial charge in [0.25, 0.3) is 5.91 Å². The number of ether oxygens (including phenoxy) is 1. The Bertz CT molecular complexity index is 1360. The van der Waals surface area contributed by atoms with E-state index in [1.54, 1.807) is 42.6 Å². The van der Waals surface area contributed by atoms with Gasteiger partial charge in [-0.3, -0.25) is 23.2 Å². The van der Waals surface area contributed by atoms with Gasteiger partial charge in [0, 0.05) is 28.4 Å². The van der Waals surface area contributed by atoms with E-state index in [1.165, 1.54) is 4.31 Å². The number of nitrogens with zero attached hydrogens (tertiary/aromatic N) is 2. The zero-order chi connectivity index (χ0) is 23.7. The molecule has 0 aliphatic carbocycles. The van der Waals surface area contributed by atoms with Gasteiger partial charge in [0.1, 0.15) is 0 Å². The number of hydrogen-bond acceptors (Lipinski definition) is 6. The molecule has 0 spiro atoms. The highest BCUT2D eigenvalue weighted by Gasteiger charge is 2.27. The first-order chi connectivity index (χ1) is 16.4. The Kier molecular flexibility index (Phi) is 6.16. The first-order valence-electron chi connectivity index (χ1n) is 10.6. The lowest BCUT2D eigenvalue weighted by Crippen LogP contribution is -2.37. The van der Waals surface area contributed by atoms with Gasteiger partial charge in [0.15, 0.2) is 5.94 Å². The van der Waals surface area contributed by atoms with Crippen molar-refractivity contribution in [3.63, 3.8) is 0 Å². The summed E-state index contributed by atoms with van der Waals surface area (Å²) in [5.74, 6) is -0.418. The smallest absolute Gasteiger partial charge is 0.255 e. The minimum Gasteiger partial charge on any atom is -0.357 e. The molecule has 1 amide bonds. The van der Waals surface area contributed by atoms with Crippen LogP contribution in [0, 0.1) is 0 Å². The van der Waals surface area contributed by atoms with Gasteiger partial charge < -0.3 is 10.1 Å². The zero-order valence-electron chi connectivity index (χ0n) is 18.0. The Hall–Kier alpha value is -3.14. The molecule has 1 aliphatic heterocycles. The van der Waals surface area contributed by atoms with Crippen LogP contribution in [-0.2, 0) is 4.74 Å². The standard InChI is InChI=1S/C25H22ClN3O4S/c26-23-10-7-19(15-22(23)24-21-4-2-1-3-17(21)11-12-27-24)28-25(30)18-5-8-20(9-6-18)29-13-14-33-16-34(29,31)32/h1-12,15,31-32H,13-14,16H2,(H,28,30). The molecular weight excluding hydrogens is 474 g/mol. The molecule has 0 bridgehead atoms. The van der Waals surface area contributed by atoms with Crippen molar-refractivity contribution in [1.82, 2.24) is 4.98 Å². The minimum atomic E-state index is -3.02. The second-order valence-corrected chi connectivity index (χ2v) is 10.2. The molecular formula is C25H22ClN3O4S. The van der Waals surface area contributed by atoms with Crippen LogP contribution in [-0.4, -0.2) is 39.1 Å². The molecule has 0 unspecified atom stereocenters. The molecule has 0 radical (unpaired) electrons. The molecule has 2 heterocycles. The highest BCUT2D eigenvalue weighted by Crippen LogP contribution is 2.47. The molecule has 174 valence electrons. The van der Waals surface area contributed by atoms with Gasteiger partial charge in [-0.1, -0.05) is 46.6 Å². The molecule has 7 nitrogen and oxygen atoms in total. The van der Waals surface area contributed by atoms with E-state index in [0.29, 0.717) is 35.1 Å². The van der Waals surface area contributed by atoms with Crippen LogP contribution >= 0.6 is 22.4 Å². The summed E-state index contributed by atoms with van der Waals surface area (Å²) in [5.41, 5.74) is 3.12. The van der Waals surface area contributed by atoms with Crippen LogP contribution in [0.5, 0.6) is 0 Å². The summed E-state index contributed by atoms with van der Waals surface area (Å²) in [6.45, 7) is 0.770. The van der Waals surface area contributed by atoms with Crippen LogP contribution in [0.1, 0.15) is 10.4 Å². The van der Waals surface area contributed by atoms with Crippen LogP contribution in [0.2, 0.25) is 5.02 Å². The van der Waals surface area contributed by atoms with Crippen LogP contribution in [0.4, 0.5) is 11.4 Å². The number of hydrogen-bond donors (Lipinski definition) is 3. The van der Waals surface area contributed by atoms with Crippen LogP contribution in [0.15, 0.2) is 79.0 Å². The Morgan fingerprint density at radius 1 is 1.06 bits per heavy atom. The number of anilines is 2. The second-order valence-electron chi connectivity index (χ2n) is 7.84. The van der Waals surface area contributed by atoms with E-state index in [-0.39, 0.29) is 11.8 Å². The number of amides is 1. The number of pyridine rings is 1. The van der Waals surface area contributed by atoms with Crippen LogP contribution in [0.25, 0.3) is 22.0 Å². The molecule has 34 heavy (non-hydrogen) atoms. The fourth-order valence-electron chi connectivity index (χ4n) is 3.93. The van der Waals surface area contributed by atoms with Gasteiger partial charge in [0.2, 0.25) is 0 Å². The van der Waals surface area contributed by atoms with E-state index in [4.69, 9.17) is 16.3 Å². The average molecular weight is 496 g/mol. The average Bonchev–Trinajstić information content (AvgIpc) is 2.85. The van der Waals surface area contributed by atoms with Gasteiger partial charge in [-0.25, -0.2) is 0 Å². The summed E-state index contributed by atoms with van der Waals surface area (Å²) in [6, 6.07) is 21.9. The third kappa shape index (κ3) is 4.46. The molecule has 1 saturated heterocycles. The monoisotopic (exact) mass is 495 g/mol. The summed E-state index contributed by atoms with van der Waals surface area (Å²) in [6.07, 6.45) is 1.74. The van der Waals surface area contributed by atoms with Crippen molar-refractivity contribution < 1.29 is 18.6 Å². The summed E-state index contributed by atoms with van der Waals surface area (Å²) in [4.78, 5) is 17.4. The first kappa shape index (κ1) is 22.6. The quantitative estimate of drug-likeness (QED) is 0.309. The number of rotatable bonds is 4. The molecule has 1 aliphatic rings. The first-order valence-corrected chi connectivity index (χ1v) is 12.6. The normalized spacial score (nSPS) is 16.3. The maximum absolute atomic E-state index is 12.9. The SMILES string of the molecule is O=C(Nc1ccc(Cl)c(-c2nccc3ccccc23)c1)c1ccc(N2CCOCS2(O)O)cc1. The van der Waals surface area contributed by atoms with E-state index in [2.05, 4.69) is 10.3 Å². The fourth-order valence-corrected chi connectivity index (χ4v) is 5.43. The van der Waals surface area contributed by atoms with Gasteiger partial charge in [-0.05, 0) is 53.9 Å². The minimum absolute atomic E-state index is 0.125. The molecule has 1 aromatic heterocycles. The summed E-state index contributed by atoms with van der Waals surface area (Å²) >= 11 is 6.49. The van der Waals surface area contributed by atoms with Crippen molar-refractivity contribution in [3.8, 4) is 11.3 Å². The maximum atomic E-state index is 12.9. The van der Waals surface area contributed by atoms with Crippen molar-refractivity contribution in [2.24, 2.45) is 0 Å². The van der Waals surface area contributed by atoms with E-state index >= 15 is 0 Å². The number of benzene rings is 3. The summed E-state index contributed by atoms with van der Waals surface area (Å²) < 4.78 is 27.1. The van der Waals surface area contributed by atoms with Gasteiger partial charge in [0.05, 0.1) is 29.6 Å². The summed E-state index contributed by atoms with van der Waals surface area (Å²) in [7, 11) is -3.02. The molecule has 1 fully saturated rings. The molecule has 9 heteroatoms. The Morgan fingerprint density at radius 2 is 1.85 bits per heavy atom. The third-order valence-corrected chi connectivity index (χ3v) is 7.52. The van der Waals surface area contributed by atoms with Crippen molar-refractivity contribution >= 4 is 50.4 Å². The van der Waals surface area contributed by atoms with Gasteiger partial charge in [-0.2, -0.15) is 0 Å². The Labute approximate surface area is 203 Å². The third-order valence-electron chi connectivity index (χ3n) is 5.60. The number of fused-ring (bicyclic) bond motifs is 1. The fraction of sp³-hybridized carbons (Fsp3) is 0.120. The highest BCUT2D eigenvalue weighted by molar-refractivity contribution is 8.25. The molecule has 3 N–H and O–H groups in total. The van der Waals surface area contributed by atoms with Crippen molar-refractivity contribution in [2.75, 3.05) is 28.7 Å². The number of carbonyl (C=O) groups excluding carboxylic acids is 1. The Morgan fingerprint density at radius 3 is 2.65 bits per heavy atom. The number of aromatic nitrogens is 1. The van der Waals surface area contributed by atoms with Crippen molar-refractivity contribution in [2.45, 2.75) is 0 Å². The molecule has 0 saturated carbocycles. The number of carbonyl (C=O) groups is 1. The van der Waals surface area contributed by atoms with Gasteiger partial charge in [-0.15, -0.1) is 0 Å². The molecule has 3 aromatic carbocycles. The predicted molar refractivity (Wildman–Crippen MR) is 138 cm³/mol. The lowest BCUT2D eigenvalue weighted by Gasteiger charge is -2.46. The van der Waals surface area contributed by atoms with E-state index in [0.717, 1.165) is 22.0 Å². The number of nitrogens with one attached hydrogen (secondary N) is 1. The lowest BCUT2D eigenvalue weighted by molar-refractivity contribution is 0.102. The van der Waals surface area contributed by atoms with E-state index < -0.39 is 10.8 Å². The van der Waals surface area contributed by atoms with Crippen LogP contribution in [0.3, 0.4) is 0 Å². The van der Waals surface area contributed by atoms with E-state index in [1.807, 2.05) is 36.4 Å². The highest BCUT2D eigenvalue weighted by atomic mass is 35.5. The van der Waals surface area contributed by atoms with Gasteiger partial charge >= 0.3 is 0 Å². The molecule has 5 rings (SSSR count). The Balaban J connectivity index is 1.38. The topological polar surface area (TPSA) is 94.9 Å². The maximum Gasteiger partial charge on any atom is 0.255 e. The summed E-state index contributed by atoms with van der Waals surface area (Å²) in [5, 5.41) is 5.47. The second kappa shape index (κ2) is 9.25.